The summed E-state index contributed by atoms with van der Waals surface area (Å²) < 4.78 is 12.9. The van der Waals surface area contributed by atoms with E-state index in [-0.39, 0.29) is 11.9 Å². The molecule has 1 fully saturated rings. The van der Waals surface area contributed by atoms with Crippen LogP contribution >= 0.6 is 0 Å². The zero-order valence-electron chi connectivity index (χ0n) is 18.6. The van der Waals surface area contributed by atoms with Crippen LogP contribution in [0.4, 0.5) is 0 Å². The van der Waals surface area contributed by atoms with Crippen LogP contribution < -0.4 is 9.47 Å². The Hall–Kier alpha value is -3.28. The maximum atomic E-state index is 13.5. The fourth-order valence-electron chi connectivity index (χ4n) is 4.40. The van der Waals surface area contributed by atoms with Crippen molar-refractivity contribution in [2.45, 2.75) is 39.3 Å². The summed E-state index contributed by atoms with van der Waals surface area (Å²) in [6, 6.07) is 15.7. The first-order chi connectivity index (χ1) is 15.0. The number of hydrogen-bond acceptors (Lipinski definition) is 4. The van der Waals surface area contributed by atoms with Gasteiger partial charge in [-0.15, -0.1) is 0 Å². The lowest BCUT2D eigenvalue weighted by molar-refractivity contribution is 0.0734. The van der Waals surface area contributed by atoms with Gasteiger partial charge in [-0.1, -0.05) is 12.1 Å². The second kappa shape index (κ2) is 8.84. The minimum Gasteiger partial charge on any atom is -0.497 e. The van der Waals surface area contributed by atoms with Crippen molar-refractivity contribution >= 4 is 5.91 Å². The fourth-order valence-corrected chi connectivity index (χ4v) is 4.40. The number of methoxy groups -OCH3 is 2. The molecule has 6 heteroatoms. The van der Waals surface area contributed by atoms with E-state index in [2.05, 4.69) is 11.2 Å². The summed E-state index contributed by atoms with van der Waals surface area (Å²) >= 11 is 0. The van der Waals surface area contributed by atoms with Crippen molar-refractivity contribution in [2.75, 3.05) is 20.8 Å². The van der Waals surface area contributed by atoms with E-state index in [4.69, 9.17) is 9.47 Å². The highest BCUT2D eigenvalue weighted by Crippen LogP contribution is 2.39. The van der Waals surface area contributed by atoms with Crippen molar-refractivity contribution in [2.24, 2.45) is 0 Å². The van der Waals surface area contributed by atoms with E-state index >= 15 is 0 Å². The molecule has 1 aliphatic rings. The normalized spacial score (nSPS) is 15.9. The molecular weight excluding hydrogens is 390 g/mol. The minimum absolute atomic E-state index is 0.00646. The Morgan fingerprint density at radius 2 is 1.94 bits per heavy atom. The van der Waals surface area contributed by atoms with Gasteiger partial charge < -0.3 is 14.4 Å². The highest BCUT2D eigenvalue weighted by atomic mass is 16.5. The summed E-state index contributed by atoms with van der Waals surface area (Å²) in [4.78, 5) is 15.4. The number of carbonyl (C=O) groups excluding carboxylic acids is 1. The average Bonchev–Trinajstić information content (AvgIpc) is 3.39. The first kappa shape index (κ1) is 21.0. The number of aryl methyl sites for hydroxylation is 2. The Kier molecular flexibility index (Phi) is 5.98. The number of carbonyl (C=O) groups is 1. The molecule has 4 rings (SSSR count). The second-order valence-corrected chi connectivity index (χ2v) is 8.05. The number of likely N-dealkylation sites (tertiary alicyclic amines) is 1. The molecule has 1 amide bonds. The Bertz CT molecular complexity index is 1090. The summed E-state index contributed by atoms with van der Waals surface area (Å²) in [7, 11) is 3.29. The van der Waals surface area contributed by atoms with Gasteiger partial charge in [0.15, 0.2) is 0 Å². The van der Waals surface area contributed by atoms with Crippen LogP contribution in [0.3, 0.4) is 0 Å². The third-order valence-electron chi connectivity index (χ3n) is 5.92. The fraction of sp³-hybridized carbons (Fsp3) is 0.360. The van der Waals surface area contributed by atoms with E-state index in [1.54, 1.807) is 14.2 Å². The van der Waals surface area contributed by atoms with Crippen LogP contribution in [0, 0.1) is 13.8 Å². The molecule has 0 radical (unpaired) electrons. The van der Waals surface area contributed by atoms with Crippen LogP contribution in [-0.2, 0) is 6.54 Å². The summed E-state index contributed by atoms with van der Waals surface area (Å²) in [5.41, 5.74) is 4.90. The van der Waals surface area contributed by atoms with E-state index < -0.39 is 0 Å². The third kappa shape index (κ3) is 4.29. The van der Waals surface area contributed by atoms with E-state index in [0.29, 0.717) is 12.1 Å². The zero-order chi connectivity index (χ0) is 22.0. The molecule has 162 valence electrons. The molecule has 6 nitrogen and oxygen atoms in total. The Labute approximate surface area is 183 Å². The topological polar surface area (TPSA) is 56.6 Å². The molecule has 1 unspecified atom stereocenters. The van der Waals surface area contributed by atoms with Gasteiger partial charge in [-0.2, -0.15) is 5.10 Å². The molecule has 0 aliphatic carbocycles. The molecule has 2 aromatic carbocycles. The number of ether oxygens (including phenoxy) is 2. The van der Waals surface area contributed by atoms with Gasteiger partial charge in [0, 0.05) is 29.4 Å². The standard InChI is InChI=1S/C25H29N3O3/c1-17-13-18(2)28(26-17)16-19-7-5-8-20(14-19)25(29)27-12-6-9-23(27)22-11-10-21(30-3)15-24(22)31-4/h5,7-8,10-11,13-15,23H,6,9,12,16H2,1-4H3. The number of benzene rings is 2. The molecule has 1 aliphatic heterocycles. The minimum atomic E-state index is -0.00646. The lowest BCUT2D eigenvalue weighted by atomic mass is 10.0. The van der Waals surface area contributed by atoms with Gasteiger partial charge >= 0.3 is 0 Å². The molecule has 0 N–H and O–H groups in total. The van der Waals surface area contributed by atoms with Gasteiger partial charge in [0.05, 0.1) is 32.5 Å². The summed E-state index contributed by atoms with van der Waals surface area (Å²) in [6.45, 7) is 5.42. The largest absolute Gasteiger partial charge is 0.497 e. The monoisotopic (exact) mass is 419 g/mol. The molecule has 1 saturated heterocycles. The summed E-state index contributed by atoms with van der Waals surface area (Å²) in [5.74, 6) is 1.55. The quantitative estimate of drug-likeness (QED) is 0.589. The van der Waals surface area contributed by atoms with Crippen LogP contribution in [0.5, 0.6) is 11.5 Å². The van der Waals surface area contributed by atoms with Gasteiger partial charge in [-0.25, -0.2) is 0 Å². The molecule has 0 bridgehead atoms. The van der Waals surface area contributed by atoms with Crippen LogP contribution in [0.25, 0.3) is 0 Å². The second-order valence-electron chi connectivity index (χ2n) is 8.05. The van der Waals surface area contributed by atoms with E-state index in [1.165, 1.54) is 0 Å². The van der Waals surface area contributed by atoms with E-state index in [9.17, 15) is 4.79 Å². The number of aromatic nitrogens is 2. The van der Waals surface area contributed by atoms with Crippen LogP contribution in [-0.4, -0.2) is 41.4 Å². The first-order valence-electron chi connectivity index (χ1n) is 10.6. The Balaban J connectivity index is 1.58. The van der Waals surface area contributed by atoms with Gasteiger partial charge in [0.25, 0.3) is 5.91 Å². The Morgan fingerprint density at radius 1 is 1.10 bits per heavy atom. The summed E-state index contributed by atoms with van der Waals surface area (Å²) in [5, 5.41) is 4.54. The van der Waals surface area contributed by atoms with Crippen LogP contribution in [0.15, 0.2) is 48.5 Å². The van der Waals surface area contributed by atoms with Crippen molar-refractivity contribution in [3.05, 3.63) is 76.6 Å². The number of hydrogen-bond donors (Lipinski definition) is 0. The summed E-state index contributed by atoms with van der Waals surface area (Å²) in [6.07, 6.45) is 1.89. The molecule has 0 saturated carbocycles. The highest BCUT2D eigenvalue weighted by molar-refractivity contribution is 5.95. The van der Waals surface area contributed by atoms with Crippen molar-refractivity contribution in [1.82, 2.24) is 14.7 Å². The molecule has 2 heterocycles. The molecular formula is C25H29N3O3. The molecule has 1 aromatic heterocycles. The highest BCUT2D eigenvalue weighted by Gasteiger charge is 2.32. The van der Waals surface area contributed by atoms with Gasteiger partial charge in [0.1, 0.15) is 11.5 Å². The SMILES string of the molecule is COc1ccc(C2CCCN2C(=O)c2cccc(Cn3nc(C)cc3C)c2)c(OC)c1. The average molecular weight is 420 g/mol. The van der Waals surface area contributed by atoms with E-state index in [0.717, 1.165) is 53.4 Å². The lowest BCUT2D eigenvalue weighted by Crippen LogP contribution is -2.30. The predicted molar refractivity (Wildman–Crippen MR) is 120 cm³/mol. The maximum Gasteiger partial charge on any atom is 0.254 e. The smallest absolute Gasteiger partial charge is 0.254 e. The third-order valence-corrected chi connectivity index (χ3v) is 5.92. The van der Waals surface area contributed by atoms with Crippen LogP contribution in [0.2, 0.25) is 0 Å². The van der Waals surface area contributed by atoms with Gasteiger partial charge in [-0.05, 0) is 62.6 Å². The van der Waals surface area contributed by atoms with Crippen LogP contribution in [0.1, 0.15) is 51.8 Å². The molecule has 31 heavy (non-hydrogen) atoms. The zero-order valence-corrected chi connectivity index (χ0v) is 18.6. The maximum absolute atomic E-state index is 13.5. The van der Waals surface area contributed by atoms with E-state index in [1.807, 2.05) is 65.9 Å². The number of rotatable bonds is 6. The Morgan fingerprint density at radius 3 is 2.65 bits per heavy atom. The predicted octanol–water partition coefficient (Wildman–Crippen LogP) is 4.54. The molecule has 3 aromatic rings. The van der Waals surface area contributed by atoms with Crippen molar-refractivity contribution in [3.63, 3.8) is 0 Å². The lowest BCUT2D eigenvalue weighted by Gasteiger charge is -2.27. The van der Waals surface area contributed by atoms with Crippen molar-refractivity contribution < 1.29 is 14.3 Å². The van der Waals surface area contributed by atoms with Gasteiger partial charge in [0.2, 0.25) is 0 Å². The molecule has 1 atom stereocenters. The molecule has 0 spiro atoms. The first-order valence-corrected chi connectivity index (χ1v) is 10.6. The van der Waals surface area contributed by atoms with Crippen molar-refractivity contribution in [1.29, 1.82) is 0 Å². The van der Waals surface area contributed by atoms with Crippen molar-refractivity contribution in [3.8, 4) is 11.5 Å². The number of amides is 1. The van der Waals surface area contributed by atoms with Gasteiger partial charge in [-0.3, -0.25) is 9.48 Å². The number of nitrogens with zero attached hydrogens (tertiary/aromatic N) is 3.